The molecule has 0 spiro atoms. The van der Waals surface area contributed by atoms with Gasteiger partial charge in [-0.1, -0.05) is 30.3 Å². The van der Waals surface area contributed by atoms with Gasteiger partial charge in [0.05, 0.1) is 7.11 Å². The number of rotatable bonds is 4. The largest absolute Gasteiger partial charge is 0.496 e. The first-order chi connectivity index (χ1) is 10.7. The minimum absolute atomic E-state index is 0.454. The Hall–Kier alpha value is -2.62. The van der Waals surface area contributed by atoms with Crippen LogP contribution in [0.25, 0.3) is 10.8 Å². The predicted molar refractivity (Wildman–Crippen MR) is 84.2 cm³/mol. The zero-order valence-electron chi connectivity index (χ0n) is 12.1. The van der Waals surface area contributed by atoms with Crippen LogP contribution in [-0.4, -0.2) is 7.11 Å². The lowest BCUT2D eigenvalue weighted by atomic mass is 10.0. The van der Waals surface area contributed by atoms with E-state index in [0.29, 0.717) is 12.2 Å². The second kappa shape index (κ2) is 6.02. The molecular formula is C18H15F2NO. The molecule has 0 saturated heterocycles. The Kier molecular flexibility index (Phi) is 3.92. The van der Waals surface area contributed by atoms with E-state index in [4.69, 9.17) is 4.74 Å². The zero-order chi connectivity index (χ0) is 15.5. The van der Waals surface area contributed by atoms with Crippen LogP contribution in [0.2, 0.25) is 0 Å². The van der Waals surface area contributed by atoms with Crippen molar-refractivity contribution in [1.29, 1.82) is 0 Å². The quantitative estimate of drug-likeness (QED) is 0.751. The molecule has 3 aromatic rings. The Morgan fingerprint density at radius 2 is 1.77 bits per heavy atom. The van der Waals surface area contributed by atoms with Crippen LogP contribution in [0, 0.1) is 11.6 Å². The minimum Gasteiger partial charge on any atom is -0.496 e. The molecule has 3 aromatic carbocycles. The highest BCUT2D eigenvalue weighted by Gasteiger charge is 2.09. The molecule has 2 nitrogen and oxygen atoms in total. The van der Waals surface area contributed by atoms with E-state index in [-0.39, 0.29) is 0 Å². The van der Waals surface area contributed by atoms with E-state index in [1.807, 2.05) is 36.4 Å². The lowest BCUT2D eigenvalue weighted by molar-refractivity contribution is 0.411. The van der Waals surface area contributed by atoms with Crippen molar-refractivity contribution >= 4 is 16.5 Å². The number of ether oxygens (including phenoxy) is 1. The molecule has 0 radical (unpaired) electrons. The lowest BCUT2D eigenvalue weighted by Gasteiger charge is -2.14. The molecule has 0 saturated carbocycles. The first kappa shape index (κ1) is 14.3. The second-order valence-electron chi connectivity index (χ2n) is 4.95. The van der Waals surface area contributed by atoms with Gasteiger partial charge < -0.3 is 10.1 Å². The smallest absolute Gasteiger partial charge is 0.160 e. The fourth-order valence-corrected chi connectivity index (χ4v) is 2.49. The van der Waals surface area contributed by atoms with Gasteiger partial charge >= 0.3 is 0 Å². The van der Waals surface area contributed by atoms with Crippen molar-refractivity contribution in [1.82, 2.24) is 0 Å². The summed E-state index contributed by atoms with van der Waals surface area (Å²) in [6.45, 7) is 0.454. The van der Waals surface area contributed by atoms with E-state index >= 15 is 0 Å². The van der Waals surface area contributed by atoms with Crippen molar-refractivity contribution in [2.45, 2.75) is 6.54 Å². The summed E-state index contributed by atoms with van der Waals surface area (Å²) in [6.07, 6.45) is 0. The van der Waals surface area contributed by atoms with Gasteiger partial charge in [-0.15, -0.1) is 0 Å². The third-order valence-corrected chi connectivity index (χ3v) is 3.61. The van der Waals surface area contributed by atoms with Crippen LogP contribution in [0.15, 0.2) is 54.6 Å². The molecule has 0 heterocycles. The van der Waals surface area contributed by atoms with Crippen LogP contribution >= 0.6 is 0 Å². The summed E-state index contributed by atoms with van der Waals surface area (Å²) in [7, 11) is 1.62. The average molecular weight is 299 g/mol. The zero-order valence-corrected chi connectivity index (χ0v) is 12.1. The molecule has 0 aliphatic carbocycles. The lowest BCUT2D eigenvalue weighted by Crippen LogP contribution is -2.03. The normalized spacial score (nSPS) is 10.7. The van der Waals surface area contributed by atoms with Crippen LogP contribution in [0.3, 0.4) is 0 Å². The Morgan fingerprint density at radius 3 is 2.55 bits per heavy atom. The SMILES string of the molecule is COc1ccc2ccccc2c1CNc1ccc(F)c(F)c1. The molecular weight excluding hydrogens is 284 g/mol. The Labute approximate surface area is 127 Å². The minimum atomic E-state index is -0.866. The number of halogens is 2. The highest BCUT2D eigenvalue weighted by Crippen LogP contribution is 2.28. The summed E-state index contributed by atoms with van der Waals surface area (Å²) in [4.78, 5) is 0. The molecule has 0 aromatic heterocycles. The van der Waals surface area contributed by atoms with E-state index in [9.17, 15) is 8.78 Å². The van der Waals surface area contributed by atoms with E-state index in [1.54, 1.807) is 7.11 Å². The van der Waals surface area contributed by atoms with Crippen LogP contribution in [0.5, 0.6) is 5.75 Å². The number of benzene rings is 3. The molecule has 0 unspecified atom stereocenters. The summed E-state index contributed by atoms with van der Waals surface area (Å²) < 4.78 is 31.6. The van der Waals surface area contributed by atoms with Crippen molar-refractivity contribution < 1.29 is 13.5 Å². The molecule has 0 aliphatic heterocycles. The third-order valence-electron chi connectivity index (χ3n) is 3.61. The number of methoxy groups -OCH3 is 1. The Morgan fingerprint density at radius 1 is 0.955 bits per heavy atom. The van der Waals surface area contributed by atoms with E-state index in [1.165, 1.54) is 6.07 Å². The van der Waals surface area contributed by atoms with E-state index in [2.05, 4.69) is 5.32 Å². The summed E-state index contributed by atoms with van der Waals surface area (Å²) in [5, 5.41) is 5.28. The molecule has 0 amide bonds. The predicted octanol–water partition coefficient (Wildman–Crippen LogP) is 4.74. The number of hydrogen-bond acceptors (Lipinski definition) is 2. The summed E-state index contributed by atoms with van der Waals surface area (Å²) in [5.74, 6) is -0.961. The summed E-state index contributed by atoms with van der Waals surface area (Å²) in [5.41, 5.74) is 1.50. The molecule has 0 aliphatic rings. The summed E-state index contributed by atoms with van der Waals surface area (Å²) >= 11 is 0. The van der Waals surface area contributed by atoms with Gasteiger partial charge in [-0.3, -0.25) is 0 Å². The van der Waals surface area contributed by atoms with E-state index < -0.39 is 11.6 Å². The van der Waals surface area contributed by atoms with E-state index in [0.717, 1.165) is 34.2 Å². The molecule has 0 atom stereocenters. The van der Waals surface area contributed by atoms with Gasteiger partial charge in [-0.25, -0.2) is 8.78 Å². The fraction of sp³-hybridized carbons (Fsp3) is 0.111. The maximum Gasteiger partial charge on any atom is 0.160 e. The molecule has 0 bridgehead atoms. The molecule has 4 heteroatoms. The number of fused-ring (bicyclic) bond motifs is 1. The van der Waals surface area contributed by atoms with Crippen LogP contribution < -0.4 is 10.1 Å². The van der Waals surface area contributed by atoms with Crippen molar-refractivity contribution in [3.05, 3.63) is 71.8 Å². The second-order valence-corrected chi connectivity index (χ2v) is 4.95. The van der Waals surface area contributed by atoms with Crippen molar-refractivity contribution in [2.24, 2.45) is 0 Å². The highest BCUT2D eigenvalue weighted by atomic mass is 19.2. The van der Waals surface area contributed by atoms with Gasteiger partial charge in [0.15, 0.2) is 11.6 Å². The Balaban J connectivity index is 1.93. The number of nitrogens with one attached hydrogen (secondary N) is 1. The van der Waals surface area contributed by atoms with Gasteiger partial charge in [0.25, 0.3) is 0 Å². The maximum atomic E-state index is 13.3. The van der Waals surface area contributed by atoms with Crippen LogP contribution in [0.4, 0.5) is 14.5 Å². The Bertz CT molecular complexity index is 817. The standard InChI is InChI=1S/C18H15F2NO/c1-22-18-9-6-12-4-2-3-5-14(12)15(18)11-21-13-7-8-16(19)17(20)10-13/h2-10,21H,11H2,1H3. The highest BCUT2D eigenvalue weighted by molar-refractivity contribution is 5.88. The number of anilines is 1. The third kappa shape index (κ3) is 2.72. The molecule has 3 rings (SSSR count). The van der Waals surface area contributed by atoms with Gasteiger partial charge in [-0.2, -0.15) is 0 Å². The first-order valence-corrected chi connectivity index (χ1v) is 6.92. The maximum absolute atomic E-state index is 13.3. The summed E-state index contributed by atoms with van der Waals surface area (Å²) in [6, 6.07) is 15.6. The van der Waals surface area contributed by atoms with Gasteiger partial charge in [-0.05, 0) is 29.0 Å². The molecule has 22 heavy (non-hydrogen) atoms. The molecule has 0 fully saturated rings. The van der Waals surface area contributed by atoms with Gasteiger partial charge in [0.1, 0.15) is 5.75 Å². The fourth-order valence-electron chi connectivity index (χ4n) is 2.49. The van der Waals surface area contributed by atoms with Crippen LogP contribution in [-0.2, 0) is 6.54 Å². The average Bonchev–Trinajstić information content (AvgIpc) is 2.55. The molecule has 1 N–H and O–H groups in total. The first-order valence-electron chi connectivity index (χ1n) is 6.92. The van der Waals surface area contributed by atoms with Crippen molar-refractivity contribution in [2.75, 3.05) is 12.4 Å². The van der Waals surface area contributed by atoms with Gasteiger partial charge in [0.2, 0.25) is 0 Å². The van der Waals surface area contributed by atoms with Crippen molar-refractivity contribution in [3.8, 4) is 5.75 Å². The molecule has 112 valence electrons. The number of hydrogen-bond donors (Lipinski definition) is 1. The van der Waals surface area contributed by atoms with Crippen molar-refractivity contribution in [3.63, 3.8) is 0 Å². The van der Waals surface area contributed by atoms with Gasteiger partial charge in [0, 0.05) is 23.9 Å². The van der Waals surface area contributed by atoms with Crippen LogP contribution in [0.1, 0.15) is 5.56 Å². The monoisotopic (exact) mass is 299 g/mol. The topological polar surface area (TPSA) is 21.3 Å².